The van der Waals surface area contributed by atoms with Crippen LogP contribution in [0.2, 0.25) is 0 Å². The maximum atomic E-state index is 5.89. The van der Waals surface area contributed by atoms with Crippen molar-refractivity contribution < 1.29 is 4.42 Å². The van der Waals surface area contributed by atoms with Gasteiger partial charge in [-0.3, -0.25) is 0 Å². The zero-order valence-corrected chi connectivity index (χ0v) is 9.70. The predicted octanol–water partition coefficient (Wildman–Crippen LogP) is 1.47. The molecule has 0 saturated heterocycles. The minimum atomic E-state index is 0.575. The first-order chi connectivity index (χ1) is 8.40. The normalized spacial score (nSPS) is 14.9. The molecule has 2 heterocycles. The van der Waals surface area contributed by atoms with E-state index in [0.717, 1.165) is 35.5 Å². The SMILES string of the molecule is NCCNc1ncnc2c3c(oc12)CCCC3. The molecule has 1 aliphatic carbocycles. The fraction of sp³-hybridized carbons (Fsp3) is 0.500. The summed E-state index contributed by atoms with van der Waals surface area (Å²) in [5.41, 5.74) is 8.50. The highest BCUT2D eigenvalue weighted by Gasteiger charge is 2.20. The molecule has 0 fully saturated rings. The molecule has 0 unspecified atom stereocenters. The summed E-state index contributed by atoms with van der Waals surface area (Å²) < 4.78 is 5.89. The quantitative estimate of drug-likeness (QED) is 0.838. The average Bonchev–Trinajstić information content (AvgIpc) is 2.75. The van der Waals surface area contributed by atoms with E-state index in [0.29, 0.717) is 13.1 Å². The molecule has 2 aromatic rings. The molecule has 0 radical (unpaired) electrons. The molecule has 0 saturated carbocycles. The van der Waals surface area contributed by atoms with E-state index in [1.807, 2.05) is 0 Å². The summed E-state index contributed by atoms with van der Waals surface area (Å²) in [4.78, 5) is 8.56. The third-order valence-corrected chi connectivity index (χ3v) is 3.17. The highest BCUT2D eigenvalue weighted by Crippen LogP contribution is 2.32. The molecule has 5 heteroatoms. The predicted molar refractivity (Wildman–Crippen MR) is 66.0 cm³/mol. The summed E-state index contributed by atoms with van der Waals surface area (Å²) in [7, 11) is 0. The van der Waals surface area contributed by atoms with Gasteiger partial charge in [-0.2, -0.15) is 0 Å². The Kier molecular flexibility index (Phi) is 2.68. The van der Waals surface area contributed by atoms with E-state index in [1.165, 1.54) is 18.4 Å². The third-order valence-electron chi connectivity index (χ3n) is 3.17. The number of nitrogens with one attached hydrogen (secondary N) is 1. The van der Waals surface area contributed by atoms with Gasteiger partial charge in [0.05, 0.1) is 0 Å². The van der Waals surface area contributed by atoms with E-state index in [1.54, 1.807) is 6.33 Å². The Bertz CT molecular complexity index is 535. The van der Waals surface area contributed by atoms with Crippen molar-refractivity contribution in [2.45, 2.75) is 25.7 Å². The summed E-state index contributed by atoms with van der Waals surface area (Å²) >= 11 is 0. The molecule has 90 valence electrons. The van der Waals surface area contributed by atoms with Gasteiger partial charge in [-0.25, -0.2) is 9.97 Å². The number of nitrogens with two attached hydrogens (primary N) is 1. The number of anilines is 1. The lowest BCUT2D eigenvalue weighted by Gasteiger charge is -2.07. The van der Waals surface area contributed by atoms with Crippen LogP contribution in [0.3, 0.4) is 0 Å². The molecular formula is C12H16N4O. The summed E-state index contributed by atoms with van der Waals surface area (Å²) in [5, 5.41) is 3.18. The smallest absolute Gasteiger partial charge is 0.195 e. The number of hydrogen-bond donors (Lipinski definition) is 2. The Hall–Kier alpha value is -1.62. The van der Waals surface area contributed by atoms with E-state index < -0.39 is 0 Å². The van der Waals surface area contributed by atoms with Crippen LogP contribution in [0.15, 0.2) is 10.7 Å². The molecule has 0 atom stereocenters. The van der Waals surface area contributed by atoms with Crippen molar-refractivity contribution in [2.75, 3.05) is 18.4 Å². The van der Waals surface area contributed by atoms with Gasteiger partial charge in [0.15, 0.2) is 11.4 Å². The lowest BCUT2D eigenvalue weighted by molar-refractivity contribution is 0.506. The fourth-order valence-corrected chi connectivity index (χ4v) is 2.37. The van der Waals surface area contributed by atoms with Crippen molar-refractivity contribution in [1.29, 1.82) is 0 Å². The Morgan fingerprint density at radius 3 is 3.06 bits per heavy atom. The summed E-state index contributed by atoms with van der Waals surface area (Å²) in [5.74, 6) is 1.84. The minimum absolute atomic E-state index is 0.575. The van der Waals surface area contributed by atoms with E-state index in [9.17, 15) is 0 Å². The van der Waals surface area contributed by atoms with E-state index in [2.05, 4.69) is 15.3 Å². The Labute approximate surface area is 99.4 Å². The Morgan fingerprint density at radius 2 is 2.18 bits per heavy atom. The van der Waals surface area contributed by atoms with Crippen LogP contribution in [0.1, 0.15) is 24.2 Å². The molecule has 0 spiro atoms. The maximum absolute atomic E-state index is 5.89. The van der Waals surface area contributed by atoms with Crippen molar-refractivity contribution >= 4 is 16.9 Å². The first-order valence-electron chi connectivity index (χ1n) is 6.09. The van der Waals surface area contributed by atoms with Crippen molar-refractivity contribution in [2.24, 2.45) is 5.73 Å². The number of fused-ring (bicyclic) bond motifs is 3. The molecule has 3 N–H and O–H groups in total. The van der Waals surface area contributed by atoms with Crippen molar-refractivity contribution in [1.82, 2.24) is 9.97 Å². The van der Waals surface area contributed by atoms with Crippen molar-refractivity contribution in [3.05, 3.63) is 17.7 Å². The highest BCUT2D eigenvalue weighted by atomic mass is 16.3. The van der Waals surface area contributed by atoms with Crippen LogP contribution < -0.4 is 11.1 Å². The standard InChI is InChI=1S/C12H16N4O/c13-5-6-14-12-11-10(15-7-16-12)8-3-1-2-4-9(8)17-11/h7H,1-6,13H2,(H,14,15,16). The van der Waals surface area contributed by atoms with Gasteiger partial charge in [-0.05, 0) is 19.3 Å². The molecule has 5 nitrogen and oxygen atoms in total. The second-order valence-electron chi connectivity index (χ2n) is 4.33. The van der Waals surface area contributed by atoms with Crippen molar-refractivity contribution in [3.63, 3.8) is 0 Å². The summed E-state index contributed by atoms with van der Waals surface area (Å²) in [6.45, 7) is 1.27. The van der Waals surface area contributed by atoms with Crippen molar-refractivity contribution in [3.8, 4) is 0 Å². The van der Waals surface area contributed by atoms with Gasteiger partial charge < -0.3 is 15.5 Å². The van der Waals surface area contributed by atoms with Crippen LogP contribution in [-0.2, 0) is 12.8 Å². The molecule has 17 heavy (non-hydrogen) atoms. The van der Waals surface area contributed by atoms with Crippen LogP contribution in [0.25, 0.3) is 11.1 Å². The van der Waals surface area contributed by atoms with E-state index >= 15 is 0 Å². The summed E-state index contributed by atoms with van der Waals surface area (Å²) in [6, 6.07) is 0. The number of furan rings is 1. The van der Waals surface area contributed by atoms with Gasteiger partial charge in [-0.1, -0.05) is 0 Å². The molecule has 2 aromatic heterocycles. The van der Waals surface area contributed by atoms with Gasteiger partial charge in [0, 0.05) is 25.1 Å². The molecule has 0 aromatic carbocycles. The first-order valence-corrected chi connectivity index (χ1v) is 6.09. The van der Waals surface area contributed by atoms with Crippen LogP contribution in [0.5, 0.6) is 0 Å². The molecule has 0 bridgehead atoms. The first kappa shape index (κ1) is 10.5. The highest BCUT2D eigenvalue weighted by molar-refractivity contribution is 5.87. The Morgan fingerprint density at radius 1 is 1.29 bits per heavy atom. The van der Waals surface area contributed by atoms with E-state index in [4.69, 9.17) is 10.2 Å². The fourth-order valence-electron chi connectivity index (χ4n) is 2.37. The second kappa shape index (κ2) is 4.33. The largest absolute Gasteiger partial charge is 0.455 e. The second-order valence-corrected chi connectivity index (χ2v) is 4.33. The monoisotopic (exact) mass is 232 g/mol. The lowest BCUT2D eigenvalue weighted by atomic mass is 9.98. The molecular weight excluding hydrogens is 216 g/mol. The zero-order chi connectivity index (χ0) is 11.7. The van der Waals surface area contributed by atoms with Gasteiger partial charge in [0.2, 0.25) is 0 Å². The van der Waals surface area contributed by atoms with Gasteiger partial charge in [0.1, 0.15) is 17.6 Å². The van der Waals surface area contributed by atoms with Gasteiger partial charge >= 0.3 is 0 Å². The molecule has 1 aliphatic rings. The molecule has 0 aliphatic heterocycles. The third kappa shape index (κ3) is 1.76. The molecule has 3 rings (SSSR count). The minimum Gasteiger partial charge on any atom is -0.455 e. The zero-order valence-electron chi connectivity index (χ0n) is 9.70. The van der Waals surface area contributed by atoms with Crippen LogP contribution in [0.4, 0.5) is 5.82 Å². The van der Waals surface area contributed by atoms with E-state index in [-0.39, 0.29) is 0 Å². The number of aryl methyl sites for hydroxylation is 2. The number of rotatable bonds is 3. The topological polar surface area (TPSA) is 77.0 Å². The lowest BCUT2D eigenvalue weighted by Crippen LogP contribution is -2.14. The summed E-state index contributed by atoms with van der Waals surface area (Å²) in [6.07, 6.45) is 6.09. The number of aromatic nitrogens is 2. The van der Waals surface area contributed by atoms with Gasteiger partial charge in [0.25, 0.3) is 0 Å². The van der Waals surface area contributed by atoms with Crippen LogP contribution in [-0.4, -0.2) is 23.1 Å². The maximum Gasteiger partial charge on any atom is 0.195 e. The molecule has 0 amide bonds. The van der Waals surface area contributed by atoms with Gasteiger partial charge in [-0.15, -0.1) is 0 Å². The number of hydrogen-bond acceptors (Lipinski definition) is 5. The number of nitrogens with zero attached hydrogens (tertiary/aromatic N) is 2. The van der Waals surface area contributed by atoms with Crippen LogP contribution in [0, 0.1) is 0 Å². The van der Waals surface area contributed by atoms with Crippen LogP contribution >= 0.6 is 0 Å². The Balaban J connectivity index is 2.09. The average molecular weight is 232 g/mol.